The van der Waals surface area contributed by atoms with Crippen molar-refractivity contribution < 1.29 is 14.3 Å². The molecule has 0 spiro atoms. The zero-order chi connectivity index (χ0) is 12.3. The Labute approximate surface area is 102 Å². The highest BCUT2D eigenvalue weighted by atomic mass is 16.5. The van der Waals surface area contributed by atoms with Crippen LogP contribution in [-0.4, -0.2) is 24.2 Å². The van der Waals surface area contributed by atoms with E-state index in [-0.39, 0.29) is 5.97 Å². The Bertz CT molecular complexity index is 314. The maximum absolute atomic E-state index is 11.0. The highest BCUT2D eigenvalue weighted by Crippen LogP contribution is 2.06. The van der Waals surface area contributed by atoms with Gasteiger partial charge in [-0.1, -0.05) is 6.07 Å². The summed E-state index contributed by atoms with van der Waals surface area (Å²) in [5, 5.41) is 0. The van der Waals surface area contributed by atoms with Crippen molar-refractivity contribution in [3.63, 3.8) is 0 Å². The molecule has 0 bridgehead atoms. The molecule has 1 heterocycles. The lowest BCUT2D eigenvalue weighted by atomic mass is 10.2. The first-order valence-electron chi connectivity index (χ1n) is 6.02. The Hall–Kier alpha value is -1.58. The van der Waals surface area contributed by atoms with Crippen LogP contribution in [0.1, 0.15) is 32.6 Å². The SMILES string of the molecule is CCOC(=O)CCCCCOc1ccccn1. The van der Waals surface area contributed by atoms with E-state index in [0.717, 1.165) is 19.3 Å². The molecular formula is C13H19NO3. The smallest absolute Gasteiger partial charge is 0.305 e. The lowest BCUT2D eigenvalue weighted by molar-refractivity contribution is -0.143. The number of carbonyl (C=O) groups excluding carboxylic acids is 1. The maximum atomic E-state index is 11.0. The fraction of sp³-hybridized carbons (Fsp3) is 0.538. The number of unbranched alkanes of at least 4 members (excludes halogenated alkanes) is 2. The van der Waals surface area contributed by atoms with Gasteiger partial charge in [0.05, 0.1) is 13.2 Å². The molecule has 0 aliphatic carbocycles. The van der Waals surface area contributed by atoms with Crippen LogP contribution in [0.5, 0.6) is 5.88 Å². The van der Waals surface area contributed by atoms with Crippen molar-refractivity contribution in [2.75, 3.05) is 13.2 Å². The predicted octanol–water partition coefficient (Wildman–Crippen LogP) is 2.58. The molecule has 1 aromatic rings. The van der Waals surface area contributed by atoms with Crippen LogP contribution >= 0.6 is 0 Å². The zero-order valence-electron chi connectivity index (χ0n) is 10.2. The molecule has 1 aromatic heterocycles. The standard InChI is InChI=1S/C13H19NO3/c1-2-16-13(15)9-4-3-7-11-17-12-8-5-6-10-14-12/h5-6,8,10H,2-4,7,9,11H2,1H3. The number of carbonyl (C=O) groups is 1. The van der Waals surface area contributed by atoms with Crippen molar-refractivity contribution in [2.45, 2.75) is 32.6 Å². The lowest BCUT2D eigenvalue weighted by Crippen LogP contribution is -2.04. The van der Waals surface area contributed by atoms with E-state index in [1.807, 2.05) is 25.1 Å². The third-order valence-corrected chi connectivity index (χ3v) is 2.22. The Kier molecular flexibility index (Phi) is 6.79. The summed E-state index contributed by atoms with van der Waals surface area (Å²) in [6.07, 6.45) is 4.94. The third kappa shape index (κ3) is 6.56. The molecule has 94 valence electrons. The molecule has 4 heteroatoms. The molecule has 0 saturated carbocycles. The monoisotopic (exact) mass is 237 g/mol. The van der Waals surface area contributed by atoms with E-state index < -0.39 is 0 Å². The molecule has 0 radical (unpaired) electrons. The summed E-state index contributed by atoms with van der Waals surface area (Å²) >= 11 is 0. The number of nitrogens with zero attached hydrogens (tertiary/aromatic N) is 1. The molecule has 17 heavy (non-hydrogen) atoms. The van der Waals surface area contributed by atoms with E-state index in [4.69, 9.17) is 9.47 Å². The van der Waals surface area contributed by atoms with E-state index >= 15 is 0 Å². The van der Waals surface area contributed by atoms with Crippen molar-refractivity contribution in [3.05, 3.63) is 24.4 Å². The summed E-state index contributed by atoms with van der Waals surface area (Å²) in [5.41, 5.74) is 0. The minimum atomic E-state index is -0.113. The van der Waals surface area contributed by atoms with Crippen LogP contribution in [0.3, 0.4) is 0 Å². The first-order chi connectivity index (χ1) is 8.33. The molecule has 0 saturated heterocycles. The van der Waals surface area contributed by atoms with Gasteiger partial charge in [0.2, 0.25) is 5.88 Å². The summed E-state index contributed by atoms with van der Waals surface area (Å²) in [4.78, 5) is 15.1. The topological polar surface area (TPSA) is 48.4 Å². The number of ether oxygens (including phenoxy) is 2. The third-order valence-electron chi connectivity index (χ3n) is 2.22. The van der Waals surface area contributed by atoms with Crippen LogP contribution in [0.25, 0.3) is 0 Å². The van der Waals surface area contributed by atoms with E-state index in [1.165, 1.54) is 0 Å². The average Bonchev–Trinajstić information content (AvgIpc) is 2.35. The molecule has 0 N–H and O–H groups in total. The Morgan fingerprint density at radius 3 is 2.88 bits per heavy atom. The molecule has 1 rings (SSSR count). The number of hydrogen-bond donors (Lipinski definition) is 0. The van der Waals surface area contributed by atoms with Crippen LogP contribution in [0.2, 0.25) is 0 Å². The average molecular weight is 237 g/mol. The summed E-state index contributed by atoms with van der Waals surface area (Å²) in [7, 11) is 0. The number of hydrogen-bond acceptors (Lipinski definition) is 4. The van der Waals surface area contributed by atoms with Gasteiger partial charge in [-0.05, 0) is 32.3 Å². The Balaban J connectivity index is 1.96. The van der Waals surface area contributed by atoms with Gasteiger partial charge in [-0.2, -0.15) is 0 Å². The van der Waals surface area contributed by atoms with Crippen molar-refractivity contribution in [1.82, 2.24) is 4.98 Å². The summed E-state index contributed by atoms with van der Waals surface area (Å²) in [6.45, 7) is 2.92. The summed E-state index contributed by atoms with van der Waals surface area (Å²) in [5.74, 6) is 0.538. The number of rotatable bonds is 8. The number of esters is 1. The largest absolute Gasteiger partial charge is 0.478 e. The second-order valence-electron chi connectivity index (χ2n) is 3.63. The van der Waals surface area contributed by atoms with Gasteiger partial charge in [-0.25, -0.2) is 4.98 Å². The molecule has 0 amide bonds. The van der Waals surface area contributed by atoms with Crippen LogP contribution in [0, 0.1) is 0 Å². The van der Waals surface area contributed by atoms with Gasteiger partial charge in [0.15, 0.2) is 0 Å². The molecule has 0 fully saturated rings. The zero-order valence-corrected chi connectivity index (χ0v) is 10.2. The maximum Gasteiger partial charge on any atom is 0.305 e. The molecule has 0 aliphatic heterocycles. The van der Waals surface area contributed by atoms with E-state index in [0.29, 0.717) is 25.5 Å². The molecule has 0 atom stereocenters. The van der Waals surface area contributed by atoms with E-state index in [9.17, 15) is 4.79 Å². The van der Waals surface area contributed by atoms with Gasteiger partial charge >= 0.3 is 5.97 Å². The summed E-state index contributed by atoms with van der Waals surface area (Å²) in [6, 6.07) is 5.58. The quantitative estimate of drug-likeness (QED) is 0.515. The van der Waals surface area contributed by atoms with Gasteiger partial charge in [0.25, 0.3) is 0 Å². The first-order valence-corrected chi connectivity index (χ1v) is 6.02. The van der Waals surface area contributed by atoms with Gasteiger partial charge < -0.3 is 9.47 Å². The highest BCUT2D eigenvalue weighted by molar-refractivity contribution is 5.69. The van der Waals surface area contributed by atoms with Gasteiger partial charge in [-0.3, -0.25) is 4.79 Å². The van der Waals surface area contributed by atoms with Crippen LogP contribution < -0.4 is 4.74 Å². The Morgan fingerprint density at radius 2 is 2.18 bits per heavy atom. The van der Waals surface area contributed by atoms with Crippen LogP contribution in [-0.2, 0) is 9.53 Å². The van der Waals surface area contributed by atoms with E-state index in [2.05, 4.69) is 4.98 Å². The fourth-order valence-electron chi connectivity index (χ4n) is 1.39. The fourth-order valence-corrected chi connectivity index (χ4v) is 1.39. The highest BCUT2D eigenvalue weighted by Gasteiger charge is 2.00. The molecule has 0 aromatic carbocycles. The normalized spacial score (nSPS) is 9.94. The van der Waals surface area contributed by atoms with Crippen molar-refractivity contribution in [3.8, 4) is 5.88 Å². The van der Waals surface area contributed by atoms with Crippen molar-refractivity contribution in [1.29, 1.82) is 0 Å². The van der Waals surface area contributed by atoms with Gasteiger partial charge in [0.1, 0.15) is 0 Å². The molecule has 4 nitrogen and oxygen atoms in total. The van der Waals surface area contributed by atoms with Crippen LogP contribution in [0.15, 0.2) is 24.4 Å². The number of aromatic nitrogens is 1. The molecular weight excluding hydrogens is 218 g/mol. The lowest BCUT2D eigenvalue weighted by Gasteiger charge is -2.04. The first kappa shape index (κ1) is 13.5. The van der Waals surface area contributed by atoms with Crippen molar-refractivity contribution in [2.24, 2.45) is 0 Å². The second kappa shape index (κ2) is 8.56. The second-order valence-corrected chi connectivity index (χ2v) is 3.63. The van der Waals surface area contributed by atoms with Crippen LogP contribution in [0.4, 0.5) is 0 Å². The predicted molar refractivity (Wildman–Crippen MR) is 64.8 cm³/mol. The Morgan fingerprint density at radius 1 is 1.29 bits per heavy atom. The number of pyridine rings is 1. The molecule has 0 aliphatic rings. The van der Waals surface area contributed by atoms with Crippen molar-refractivity contribution >= 4 is 5.97 Å². The van der Waals surface area contributed by atoms with Gasteiger partial charge in [-0.15, -0.1) is 0 Å². The summed E-state index contributed by atoms with van der Waals surface area (Å²) < 4.78 is 10.3. The minimum absolute atomic E-state index is 0.113. The van der Waals surface area contributed by atoms with E-state index in [1.54, 1.807) is 6.20 Å². The molecule has 0 unspecified atom stereocenters. The minimum Gasteiger partial charge on any atom is -0.478 e. The van der Waals surface area contributed by atoms with Gasteiger partial charge in [0, 0.05) is 18.7 Å².